The minimum Gasteiger partial charge on any atom is -0.309 e. The number of fused-ring (bicyclic) bond motifs is 9. The highest BCUT2D eigenvalue weighted by Crippen LogP contribution is 2.39. The van der Waals surface area contributed by atoms with Gasteiger partial charge in [-0.1, -0.05) is 164 Å². The van der Waals surface area contributed by atoms with Gasteiger partial charge in [-0.3, -0.25) is 4.57 Å². The summed E-state index contributed by atoms with van der Waals surface area (Å²) in [5.74, 6) is 0.649. The van der Waals surface area contributed by atoms with E-state index in [2.05, 4.69) is 228 Å². The second-order valence-corrected chi connectivity index (χ2v) is 16.6. The van der Waals surface area contributed by atoms with Crippen molar-refractivity contribution >= 4 is 65.2 Å². The van der Waals surface area contributed by atoms with E-state index >= 15 is 0 Å². The van der Waals surface area contributed by atoms with Crippen molar-refractivity contribution in [2.45, 2.75) is 0 Å². The van der Waals surface area contributed by atoms with Gasteiger partial charge in [0.2, 0.25) is 5.95 Å². The molecule has 13 aromatic rings. The zero-order valence-electron chi connectivity index (χ0n) is 34.7. The predicted octanol–water partition coefficient (Wildman–Crippen LogP) is 15.6. The first-order valence-corrected chi connectivity index (χ1v) is 21.8. The quantitative estimate of drug-likeness (QED) is 0.157. The van der Waals surface area contributed by atoms with Crippen molar-refractivity contribution in [2.75, 3.05) is 0 Å². The highest BCUT2D eigenvalue weighted by Gasteiger charge is 2.18. The first-order valence-electron chi connectivity index (χ1n) is 21.8. The SMILES string of the molecule is c1ccc(-c2cc(-c3ccccc3)nc(-n3c4ccccc4c4cc(-c5ccc6c(ccc7cc(-c8ccc9c(c8)c8ccccc8n9-c8ccccc8)ccc76)c5)ccc43)n2)cc1. The summed E-state index contributed by atoms with van der Waals surface area (Å²) in [6.07, 6.45) is 0. The summed E-state index contributed by atoms with van der Waals surface area (Å²) in [5.41, 5.74) is 14.4. The van der Waals surface area contributed by atoms with E-state index in [0.29, 0.717) is 5.95 Å². The molecule has 13 rings (SSSR count). The van der Waals surface area contributed by atoms with Crippen LogP contribution in [0.15, 0.2) is 231 Å². The lowest BCUT2D eigenvalue weighted by molar-refractivity contribution is 0.995. The molecule has 10 aromatic carbocycles. The maximum Gasteiger partial charge on any atom is 0.235 e. The molecule has 0 atom stereocenters. The van der Waals surface area contributed by atoms with Crippen molar-refractivity contribution in [1.29, 1.82) is 0 Å². The lowest BCUT2D eigenvalue weighted by Gasteiger charge is -2.12. The standard InChI is InChI=1S/C60H38N4/c1-4-14-39(15-5-1)54-38-55(40-16-6-2-7-17-40)62-60(61-54)64-57-23-13-11-21-51(57)53-37-44(29-33-59(53)64)42-27-31-49-46(35-42)25-24-45-34-41(26-30-48(45)49)43-28-32-58-52(36-43)50-20-10-12-22-56(50)63(58)47-18-8-3-9-19-47/h1-38H. The number of benzene rings is 10. The van der Waals surface area contributed by atoms with Gasteiger partial charge in [-0.15, -0.1) is 0 Å². The molecular weight excluding hydrogens is 777 g/mol. The Morgan fingerprint density at radius 2 is 0.656 bits per heavy atom. The largest absolute Gasteiger partial charge is 0.309 e. The van der Waals surface area contributed by atoms with Crippen LogP contribution in [0.4, 0.5) is 0 Å². The van der Waals surface area contributed by atoms with Gasteiger partial charge in [0.15, 0.2) is 0 Å². The van der Waals surface area contributed by atoms with Gasteiger partial charge in [0.05, 0.1) is 33.5 Å². The van der Waals surface area contributed by atoms with Crippen molar-refractivity contribution in [3.8, 4) is 56.4 Å². The predicted molar refractivity (Wildman–Crippen MR) is 267 cm³/mol. The number of hydrogen-bond acceptors (Lipinski definition) is 2. The van der Waals surface area contributed by atoms with Gasteiger partial charge in [-0.25, -0.2) is 9.97 Å². The maximum absolute atomic E-state index is 5.22. The van der Waals surface area contributed by atoms with Crippen LogP contribution in [0.2, 0.25) is 0 Å². The normalized spacial score (nSPS) is 11.8. The number of nitrogens with zero attached hydrogens (tertiary/aromatic N) is 4. The molecule has 64 heavy (non-hydrogen) atoms. The van der Waals surface area contributed by atoms with Gasteiger partial charge in [0, 0.05) is 38.4 Å². The fourth-order valence-electron chi connectivity index (χ4n) is 9.85. The van der Waals surface area contributed by atoms with Crippen LogP contribution in [-0.2, 0) is 0 Å². The molecule has 0 unspecified atom stereocenters. The summed E-state index contributed by atoms with van der Waals surface area (Å²) in [6.45, 7) is 0. The Labute approximate surface area is 369 Å². The second-order valence-electron chi connectivity index (χ2n) is 16.6. The highest BCUT2D eigenvalue weighted by atomic mass is 15.2. The van der Waals surface area contributed by atoms with E-state index in [4.69, 9.17) is 9.97 Å². The Morgan fingerprint density at radius 1 is 0.250 bits per heavy atom. The second kappa shape index (κ2) is 14.5. The molecule has 0 fully saturated rings. The third-order valence-electron chi connectivity index (χ3n) is 12.9. The summed E-state index contributed by atoms with van der Waals surface area (Å²) in [6, 6.07) is 82.8. The summed E-state index contributed by atoms with van der Waals surface area (Å²) in [5, 5.41) is 9.79. The van der Waals surface area contributed by atoms with Gasteiger partial charge in [-0.05, 0) is 111 Å². The Hall–Kier alpha value is -8.60. The molecule has 0 N–H and O–H groups in total. The molecule has 4 heteroatoms. The van der Waals surface area contributed by atoms with E-state index in [0.717, 1.165) is 44.3 Å². The van der Waals surface area contributed by atoms with E-state index in [1.165, 1.54) is 71.3 Å². The number of rotatable bonds is 6. The Kier molecular flexibility index (Phi) is 8.18. The molecule has 0 aliphatic carbocycles. The third-order valence-corrected chi connectivity index (χ3v) is 12.9. The molecule has 3 aromatic heterocycles. The van der Waals surface area contributed by atoms with Crippen LogP contribution in [-0.4, -0.2) is 19.1 Å². The first-order chi connectivity index (χ1) is 31.7. The molecule has 4 nitrogen and oxygen atoms in total. The van der Waals surface area contributed by atoms with Crippen LogP contribution >= 0.6 is 0 Å². The smallest absolute Gasteiger partial charge is 0.235 e. The van der Waals surface area contributed by atoms with Gasteiger partial charge < -0.3 is 4.57 Å². The molecule has 0 bridgehead atoms. The van der Waals surface area contributed by atoms with Crippen molar-refractivity contribution in [3.63, 3.8) is 0 Å². The van der Waals surface area contributed by atoms with Crippen LogP contribution in [0, 0.1) is 0 Å². The molecule has 298 valence electrons. The van der Waals surface area contributed by atoms with Gasteiger partial charge >= 0.3 is 0 Å². The number of para-hydroxylation sites is 3. The minimum absolute atomic E-state index is 0.649. The van der Waals surface area contributed by atoms with Gasteiger partial charge in [-0.2, -0.15) is 0 Å². The van der Waals surface area contributed by atoms with Crippen LogP contribution in [0.3, 0.4) is 0 Å². The Balaban J connectivity index is 0.884. The topological polar surface area (TPSA) is 35.6 Å². The van der Waals surface area contributed by atoms with E-state index in [1.54, 1.807) is 0 Å². The van der Waals surface area contributed by atoms with Crippen molar-refractivity contribution in [1.82, 2.24) is 19.1 Å². The summed E-state index contributed by atoms with van der Waals surface area (Å²) < 4.78 is 4.59. The lowest BCUT2D eigenvalue weighted by atomic mass is 9.94. The molecular formula is C60H38N4. The minimum atomic E-state index is 0.649. The number of aromatic nitrogens is 4. The van der Waals surface area contributed by atoms with Crippen LogP contribution < -0.4 is 0 Å². The van der Waals surface area contributed by atoms with Crippen LogP contribution in [0.5, 0.6) is 0 Å². The zero-order chi connectivity index (χ0) is 42.1. The van der Waals surface area contributed by atoms with Crippen molar-refractivity contribution < 1.29 is 0 Å². The molecule has 0 radical (unpaired) electrons. The summed E-state index contributed by atoms with van der Waals surface area (Å²) >= 11 is 0. The summed E-state index contributed by atoms with van der Waals surface area (Å²) in [4.78, 5) is 10.4. The molecule has 0 saturated heterocycles. The molecule has 0 aliphatic heterocycles. The third kappa shape index (κ3) is 5.84. The Bertz CT molecular complexity index is 3880. The molecule has 3 heterocycles. The average molecular weight is 815 g/mol. The van der Waals surface area contributed by atoms with E-state index in [1.807, 2.05) is 12.1 Å². The van der Waals surface area contributed by atoms with Crippen molar-refractivity contribution in [3.05, 3.63) is 231 Å². The monoisotopic (exact) mass is 814 g/mol. The Morgan fingerprint density at radius 3 is 1.19 bits per heavy atom. The lowest BCUT2D eigenvalue weighted by Crippen LogP contribution is -2.03. The zero-order valence-corrected chi connectivity index (χ0v) is 34.7. The average Bonchev–Trinajstić information content (AvgIpc) is 3.89. The maximum atomic E-state index is 5.22. The molecule has 0 saturated carbocycles. The van der Waals surface area contributed by atoms with Crippen LogP contribution in [0.25, 0.3) is 122 Å². The molecule has 0 amide bonds. The first kappa shape index (κ1) is 36.1. The fourth-order valence-corrected chi connectivity index (χ4v) is 9.85. The van der Waals surface area contributed by atoms with Crippen LogP contribution in [0.1, 0.15) is 0 Å². The van der Waals surface area contributed by atoms with Gasteiger partial charge in [0.25, 0.3) is 0 Å². The van der Waals surface area contributed by atoms with Crippen molar-refractivity contribution in [2.24, 2.45) is 0 Å². The molecule has 0 aliphatic rings. The van der Waals surface area contributed by atoms with E-state index < -0.39 is 0 Å². The molecule has 0 spiro atoms. The fraction of sp³-hybridized carbons (Fsp3) is 0. The van der Waals surface area contributed by atoms with E-state index in [-0.39, 0.29) is 0 Å². The van der Waals surface area contributed by atoms with Gasteiger partial charge in [0.1, 0.15) is 0 Å². The van der Waals surface area contributed by atoms with E-state index in [9.17, 15) is 0 Å². The summed E-state index contributed by atoms with van der Waals surface area (Å²) in [7, 11) is 0. The highest BCUT2D eigenvalue weighted by molar-refractivity contribution is 6.13. The number of hydrogen-bond donors (Lipinski definition) is 0.